The Balaban J connectivity index is 0.000000136. The number of carbonyl (C=O) groups is 2. The van der Waals surface area contributed by atoms with E-state index in [4.69, 9.17) is 27.9 Å². The summed E-state index contributed by atoms with van der Waals surface area (Å²) in [6.07, 6.45) is 13.9. The molecule has 14 rings (SSSR count). The van der Waals surface area contributed by atoms with Crippen molar-refractivity contribution in [3.63, 3.8) is 0 Å². The lowest BCUT2D eigenvalue weighted by molar-refractivity contribution is -0.255. The van der Waals surface area contributed by atoms with Crippen LogP contribution in [-0.2, 0) is 16.3 Å². The second-order valence-electron chi connectivity index (χ2n) is 22.0. The number of carbonyl (C=O) groups excluding carboxylic acids is 2. The molecule has 4 aromatic carbocycles. The van der Waals surface area contributed by atoms with Crippen LogP contribution >= 0.6 is 23.2 Å². The Kier molecular flexibility index (Phi) is 17.0. The summed E-state index contributed by atoms with van der Waals surface area (Å²) in [5, 5.41) is 48.1. The highest BCUT2D eigenvalue weighted by Crippen LogP contribution is 2.33. The minimum Gasteiger partial charge on any atom is -0.545 e. The molecule has 0 atom stereocenters. The third kappa shape index (κ3) is 13.8. The number of hydrogen-bond donors (Lipinski definition) is 8. The van der Waals surface area contributed by atoms with E-state index in [1.807, 2.05) is 37.3 Å². The number of aromatic hydroxyl groups is 1. The number of rotatable bonds is 15. The van der Waals surface area contributed by atoms with E-state index in [0.717, 1.165) is 63.5 Å². The molecule has 8 aromatic heterocycles. The number of ether oxygens (including phenoxy) is 1. The largest absolute Gasteiger partial charge is 0.545 e. The van der Waals surface area contributed by atoms with Crippen LogP contribution in [0.3, 0.4) is 0 Å². The number of H-pyrrole nitrogens is 3. The molecule has 2 saturated carbocycles. The van der Waals surface area contributed by atoms with Crippen molar-refractivity contribution in [1.29, 1.82) is 0 Å². The molecule has 2 aliphatic rings. The molecule has 0 amide bonds. The Hall–Kier alpha value is -11.3. The summed E-state index contributed by atoms with van der Waals surface area (Å²) >= 11 is 12.0. The smallest absolute Gasteiger partial charge is 0.331 e. The van der Waals surface area contributed by atoms with E-state index < -0.39 is 41.9 Å². The van der Waals surface area contributed by atoms with Crippen LogP contribution in [-0.4, -0.2) is 87.8 Å². The molecule has 0 radical (unpaired) electrons. The number of imidazole rings is 2. The fourth-order valence-corrected chi connectivity index (χ4v) is 9.90. The van der Waals surface area contributed by atoms with Crippen molar-refractivity contribution in [2.24, 2.45) is 10.9 Å². The standard InChI is InChI=1S/C24H23ClFN7O4.C20H17ClFN7O.C20H15N3O2/c1-12(2)23(35)37-11-32-22(34)18(30-24(32)36)7-13-10-27-33-20(28-15-4-5-15)9-19(31-21(13)33)29-17-8-14(25)3-6-16(17)26;1-10-15(27-20(30)24-10)6-11-9-23-29-18(25-13-3-4-13)8-17(28-19(11)29)26-16-7-12(21)2-5-14(16)22;1-12-3-2-4-14(9-12)22-19-16-7-8-21-11-17(16)15-6-5-13(20(24)25)10-18(15)23-19/h3,6-10,12,15,29,34H,4-5,11H2,1-2H3,(H,30,36);2,5-9,13,25H,1,3-4H2,(H,26,28)(H2,24,27,30);2-11H,1H3,(H,22,23)(H,24,25)/p-1/b;15-6-;. The van der Waals surface area contributed by atoms with Gasteiger partial charge in [0.15, 0.2) is 23.5 Å². The van der Waals surface area contributed by atoms with E-state index in [0.29, 0.717) is 77.3 Å². The van der Waals surface area contributed by atoms with E-state index in [-0.39, 0.29) is 40.3 Å². The van der Waals surface area contributed by atoms with Crippen molar-refractivity contribution in [3.8, 4) is 5.88 Å². The number of benzene rings is 4. The minimum absolute atomic E-state index is 0.0715. The van der Waals surface area contributed by atoms with Crippen LogP contribution in [0.1, 0.15) is 66.7 Å². The number of aromatic amines is 3. The van der Waals surface area contributed by atoms with Crippen LogP contribution in [0.4, 0.5) is 49.1 Å². The number of fused-ring (bicyclic) bond motifs is 5. The van der Waals surface area contributed by atoms with Gasteiger partial charge in [0.1, 0.15) is 40.6 Å². The van der Waals surface area contributed by atoms with Gasteiger partial charge < -0.3 is 56.0 Å². The first-order valence-electron chi connectivity index (χ1n) is 28.7. The number of aromatic nitrogens is 12. The second-order valence-corrected chi connectivity index (χ2v) is 22.8. The molecule has 12 aromatic rings. The molecular formula is C64H54Cl2F2N17O7-. The normalized spacial score (nSPS) is 13.5. The van der Waals surface area contributed by atoms with Crippen LogP contribution in [0, 0.1) is 24.5 Å². The Morgan fingerprint density at radius 2 is 1.52 bits per heavy atom. The predicted octanol–water partition coefficient (Wildman–Crippen LogP) is 7.52. The second kappa shape index (κ2) is 25.7. The Labute approximate surface area is 528 Å². The van der Waals surface area contributed by atoms with Crippen molar-refractivity contribution >= 4 is 127 Å². The van der Waals surface area contributed by atoms with Gasteiger partial charge in [0.05, 0.1) is 57.9 Å². The lowest BCUT2D eigenvalue weighted by atomic mass is 10.1. The number of carboxylic acid groups (broad SMARTS) is 1. The number of nitrogens with zero attached hydrogens (tertiary/aromatic N) is 10. The first-order valence-corrected chi connectivity index (χ1v) is 29.5. The maximum Gasteiger partial charge on any atom is 0.331 e. The summed E-state index contributed by atoms with van der Waals surface area (Å²) < 4.78 is 37.7. The predicted molar refractivity (Wildman–Crippen MR) is 343 cm³/mol. The highest BCUT2D eigenvalue weighted by molar-refractivity contribution is 6.31. The van der Waals surface area contributed by atoms with Gasteiger partial charge in [0, 0.05) is 73.2 Å². The summed E-state index contributed by atoms with van der Waals surface area (Å²) in [7, 11) is 0. The number of hydrogen-bond acceptors (Lipinski definition) is 18. The third-order valence-electron chi connectivity index (χ3n) is 14.5. The number of halogens is 4. The molecule has 8 heterocycles. The molecule has 2 fully saturated rings. The zero-order valence-electron chi connectivity index (χ0n) is 49.1. The molecule has 28 heteroatoms. The molecule has 0 unspecified atom stereocenters. The van der Waals surface area contributed by atoms with Gasteiger partial charge in [-0.15, -0.1) is 0 Å². The quantitative estimate of drug-likeness (QED) is 0.0363. The van der Waals surface area contributed by atoms with E-state index in [1.54, 1.807) is 61.2 Å². The molecule has 0 bridgehead atoms. The number of carboxylic acids is 1. The number of aromatic carboxylic acids is 1. The van der Waals surface area contributed by atoms with Crippen molar-refractivity contribution < 1.29 is 33.3 Å². The number of esters is 1. The van der Waals surface area contributed by atoms with Crippen LogP contribution in [0.25, 0.3) is 51.7 Å². The molecule has 466 valence electrons. The molecule has 0 spiro atoms. The molecule has 8 N–H and O–H groups in total. The lowest BCUT2D eigenvalue weighted by Gasteiger charge is -2.13. The molecule has 92 heavy (non-hydrogen) atoms. The molecule has 2 aliphatic carbocycles. The average molecular weight is 1280 g/mol. The summed E-state index contributed by atoms with van der Waals surface area (Å²) in [6, 6.07) is 27.0. The van der Waals surface area contributed by atoms with Gasteiger partial charge in [-0.3, -0.25) is 14.8 Å². The van der Waals surface area contributed by atoms with Crippen molar-refractivity contribution in [2.45, 2.75) is 65.3 Å². The van der Waals surface area contributed by atoms with E-state index >= 15 is 0 Å². The lowest BCUT2D eigenvalue weighted by Crippen LogP contribution is -2.22. The fraction of sp³-hybridized carbons (Fsp3) is 0.172. The number of aryl methyl sites for hydroxylation is 1. The maximum atomic E-state index is 14.3. The van der Waals surface area contributed by atoms with Crippen molar-refractivity contribution in [2.75, 3.05) is 21.3 Å². The summed E-state index contributed by atoms with van der Waals surface area (Å²) in [5.74, 6) is -1.35. The SMILES string of the molecule is C=c1[nH]c(=O)[nH]/c1=C\c1cnn2c(NC3CC3)cc(Nc3cc(Cl)ccc3F)nc12.CC(C)C(=O)OCn1c(O)c(C=c2cnn3c(=NC4CC4)cc(Nc4cc(Cl)ccc4F)nc23)[nH]c1=O.Cc1cccc(Nc2nc3cc(C(=O)[O-])ccc3c3cnccc23)c1. The van der Waals surface area contributed by atoms with Crippen LogP contribution in [0.5, 0.6) is 5.88 Å². The monoisotopic (exact) mass is 1280 g/mol. The van der Waals surface area contributed by atoms with Gasteiger partial charge >= 0.3 is 17.3 Å². The zero-order chi connectivity index (χ0) is 64.5. The molecule has 0 saturated heterocycles. The fourth-order valence-electron chi connectivity index (χ4n) is 9.55. The first-order chi connectivity index (χ1) is 44.3. The van der Waals surface area contributed by atoms with Crippen molar-refractivity contribution in [1.82, 2.24) is 58.7 Å². The Bertz CT molecular complexity index is 5270. The topological polar surface area (TPSA) is 320 Å². The van der Waals surface area contributed by atoms with Gasteiger partial charge in [-0.25, -0.2) is 37.9 Å². The van der Waals surface area contributed by atoms with E-state index in [9.17, 15) is 38.2 Å². The Morgan fingerprint density at radius 3 is 2.20 bits per heavy atom. The van der Waals surface area contributed by atoms with Gasteiger partial charge in [-0.05, 0) is 117 Å². The van der Waals surface area contributed by atoms with E-state index in [1.165, 1.54) is 65.3 Å². The maximum absolute atomic E-state index is 14.3. The first kappa shape index (κ1) is 61.0. The van der Waals surface area contributed by atoms with Gasteiger partial charge in [0.2, 0.25) is 5.88 Å². The van der Waals surface area contributed by atoms with Gasteiger partial charge in [-0.2, -0.15) is 19.2 Å². The highest BCUT2D eigenvalue weighted by Gasteiger charge is 2.24. The summed E-state index contributed by atoms with van der Waals surface area (Å²) in [4.78, 5) is 77.3. The van der Waals surface area contributed by atoms with Crippen LogP contribution < -0.4 is 59.2 Å². The molecular weight excluding hydrogens is 1230 g/mol. The van der Waals surface area contributed by atoms with Gasteiger partial charge in [-0.1, -0.05) is 67.9 Å². The summed E-state index contributed by atoms with van der Waals surface area (Å²) in [6.45, 7) is 8.71. The zero-order valence-corrected chi connectivity index (χ0v) is 50.6. The third-order valence-corrected chi connectivity index (χ3v) is 15.0. The number of pyridine rings is 2. The molecule has 0 aliphatic heterocycles. The minimum atomic E-state index is -1.22. The van der Waals surface area contributed by atoms with Gasteiger partial charge in [0.25, 0.3) is 0 Å². The van der Waals surface area contributed by atoms with Crippen LogP contribution in [0.2, 0.25) is 10.0 Å². The number of anilines is 7. The highest BCUT2D eigenvalue weighted by atomic mass is 35.5. The van der Waals surface area contributed by atoms with E-state index in [2.05, 4.69) is 77.9 Å². The van der Waals surface area contributed by atoms with Crippen LogP contribution in [0.15, 0.2) is 136 Å². The molecule has 24 nitrogen and oxygen atoms in total. The van der Waals surface area contributed by atoms with Crippen molar-refractivity contribution in [3.05, 3.63) is 208 Å². The Morgan fingerprint density at radius 1 is 0.804 bits per heavy atom. The summed E-state index contributed by atoms with van der Waals surface area (Å²) in [5.41, 5.74) is 4.23. The number of nitrogens with one attached hydrogen (secondary N) is 7. The average Bonchev–Trinajstić information content (AvgIpc) is 1.51.